The molecule has 186 valence electrons. The van der Waals surface area contributed by atoms with Crippen molar-refractivity contribution >= 4 is 29.5 Å². The van der Waals surface area contributed by atoms with Crippen molar-refractivity contribution < 1.29 is 24.2 Å². The molecular weight excluding hydrogens is 452 g/mol. The standard InChI is InChI=1S/C26H36N2O5S/c29-16-7-2-6-14-28-22-24(31)27(18-10-3-1-4-11-18)15-9-13-26(22)21(23(28)30)20-19(34-26)12-5-8-17-33-25(20)32/h5,9,12-13,18-22,29H,1-4,6-8,10-11,14-17H2/t19-,20+,21-,22?,26-/m0/s1. The summed E-state index contributed by atoms with van der Waals surface area (Å²) in [6.07, 6.45) is 16.7. The Balaban J connectivity index is 1.52. The third-order valence-corrected chi connectivity index (χ3v) is 9.97. The summed E-state index contributed by atoms with van der Waals surface area (Å²) in [4.78, 5) is 45.1. The highest BCUT2D eigenvalue weighted by atomic mass is 32.2. The smallest absolute Gasteiger partial charge is 0.311 e. The molecule has 1 unspecified atom stereocenters. The molecule has 0 aromatic carbocycles. The zero-order valence-corrected chi connectivity index (χ0v) is 20.6. The van der Waals surface area contributed by atoms with Gasteiger partial charge in [-0.25, -0.2) is 0 Å². The number of nitrogens with zero attached hydrogens (tertiary/aromatic N) is 2. The van der Waals surface area contributed by atoms with Crippen molar-refractivity contribution in [3.63, 3.8) is 0 Å². The Labute approximate surface area is 205 Å². The van der Waals surface area contributed by atoms with Gasteiger partial charge < -0.3 is 19.6 Å². The van der Waals surface area contributed by atoms with Crippen molar-refractivity contribution in [1.82, 2.24) is 9.80 Å². The second-order valence-corrected chi connectivity index (χ2v) is 11.7. The summed E-state index contributed by atoms with van der Waals surface area (Å²) in [5.41, 5.74) is 0. The van der Waals surface area contributed by atoms with Crippen LogP contribution < -0.4 is 0 Å². The van der Waals surface area contributed by atoms with Gasteiger partial charge in [0.05, 0.1) is 23.2 Å². The SMILES string of the molecule is O=C1OCCC=C[C@@H]2S[C@]34C=CCN(C5CCCCC5)C(=O)C3N(CCCCCO)C(=O)[C@@H]4[C@H]12. The maximum absolute atomic E-state index is 14.2. The van der Waals surface area contributed by atoms with Crippen molar-refractivity contribution in [1.29, 1.82) is 0 Å². The second-order valence-electron chi connectivity index (χ2n) is 10.2. The zero-order chi connectivity index (χ0) is 23.7. The van der Waals surface area contributed by atoms with E-state index in [1.165, 1.54) is 6.42 Å². The molecule has 4 heterocycles. The minimum absolute atomic E-state index is 0.0361. The first kappa shape index (κ1) is 23.9. The van der Waals surface area contributed by atoms with Gasteiger partial charge >= 0.3 is 5.97 Å². The number of carbonyl (C=O) groups is 3. The number of aliphatic hydroxyl groups is 1. The van der Waals surface area contributed by atoms with Crippen LogP contribution in [0, 0.1) is 11.8 Å². The minimum atomic E-state index is -0.752. The lowest BCUT2D eigenvalue weighted by atomic mass is 9.78. The lowest BCUT2D eigenvalue weighted by Gasteiger charge is -2.39. The number of amides is 2. The number of carbonyl (C=O) groups excluding carboxylic acids is 3. The molecule has 3 fully saturated rings. The van der Waals surface area contributed by atoms with E-state index in [2.05, 4.69) is 18.2 Å². The Morgan fingerprint density at radius 2 is 1.88 bits per heavy atom. The largest absolute Gasteiger partial charge is 0.465 e. The van der Waals surface area contributed by atoms with Crippen molar-refractivity contribution in [3.8, 4) is 0 Å². The summed E-state index contributed by atoms with van der Waals surface area (Å²) < 4.78 is 4.78. The van der Waals surface area contributed by atoms with Crippen LogP contribution in [0.25, 0.3) is 0 Å². The number of hydrogen-bond acceptors (Lipinski definition) is 6. The van der Waals surface area contributed by atoms with Gasteiger partial charge in [0.1, 0.15) is 6.04 Å². The van der Waals surface area contributed by atoms with Gasteiger partial charge in [0.25, 0.3) is 0 Å². The van der Waals surface area contributed by atoms with Gasteiger partial charge in [-0.15, -0.1) is 11.8 Å². The molecule has 0 aromatic heterocycles. The van der Waals surface area contributed by atoms with Crippen LogP contribution in [0.2, 0.25) is 0 Å². The van der Waals surface area contributed by atoms with Crippen molar-refractivity contribution in [2.45, 2.75) is 79.9 Å². The molecule has 1 saturated carbocycles. The van der Waals surface area contributed by atoms with Gasteiger partial charge in [0.15, 0.2) is 0 Å². The summed E-state index contributed by atoms with van der Waals surface area (Å²) in [6, 6.07) is -0.379. The Bertz CT molecular complexity index is 869. The number of esters is 1. The molecule has 4 aliphatic heterocycles. The van der Waals surface area contributed by atoms with Crippen LogP contribution in [0.15, 0.2) is 24.3 Å². The van der Waals surface area contributed by atoms with Gasteiger partial charge in [-0.1, -0.05) is 43.6 Å². The second kappa shape index (κ2) is 10.1. The molecule has 5 atom stereocenters. The fourth-order valence-electron chi connectivity index (χ4n) is 6.66. The van der Waals surface area contributed by atoms with E-state index in [0.717, 1.165) is 38.5 Å². The van der Waals surface area contributed by atoms with Gasteiger partial charge in [0, 0.05) is 31.0 Å². The van der Waals surface area contributed by atoms with E-state index in [9.17, 15) is 19.5 Å². The number of thioether (sulfide) groups is 1. The topological polar surface area (TPSA) is 87.2 Å². The van der Waals surface area contributed by atoms with Crippen LogP contribution in [0.5, 0.6) is 0 Å². The molecule has 5 rings (SSSR count). The predicted octanol–water partition coefficient (Wildman–Crippen LogP) is 2.68. The molecule has 2 amide bonds. The van der Waals surface area contributed by atoms with E-state index in [-0.39, 0.29) is 35.7 Å². The number of likely N-dealkylation sites (tertiary alicyclic amines) is 1. The van der Waals surface area contributed by atoms with Crippen LogP contribution in [-0.2, 0) is 19.1 Å². The molecule has 34 heavy (non-hydrogen) atoms. The number of unbranched alkanes of at least 4 members (excludes halogenated alkanes) is 2. The average Bonchev–Trinajstić information content (AvgIpc) is 3.21. The fraction of sp³-hybridized carbons (Fsp3) is 0.731. The molecular formula is C26H36N2O5S. The summed E-state index contributed by atoms with van der Waals surface area (Å²) in [5.74, 6) is -1.53. The van der Waals surface area contributed by atoms with E-state index in [0.29, 0.717) is 32.5 Å². The van der Waals surface area contributed by atoms with E-state index in [1.54, 1.807) is 16.7 Å². The Morgan fingerprint density at radius 3 is 2.68 bits per heavy atom. The Morgan fingerprint density at radius 1 is 1.06 bits per heavy atom. The van der Waals surface area contributed by atoms with Crippen molar-refractivity contribution in [2.75, 3.05) is 26.3 Å². The van der Waals surface area contributed by atoms with Crippen LogP contribution in [0.1, 0.15) is 57.8 Å². The fourth-order valence-corrected chi connectivity index (χ4v) is 8.66. The number of aliphatic hydroxyl groups excluding tert-OH is 1. The lowest BCUT2D eigenvalue weighted by molar-refractivity contribution is -0.153. The highest BCUT2D eigenvalue weighted by Crippen LogP contribution is 2.61. The maximum Gasteiger partial charge on any atom is 0.311 e. The average molecular weight is 489 g/mol. The van der Waals surface area contributed by atoms with Crippen LogP contribution >= 0.6 is 11.8 Å². The molecule has 2 saturated heterocycles. The summed E-state index contributed by atoms with van der Waals surface area (Å²) in [5, 5.41) is 9.02. The normalized spacial score (nSPS) is 36.0. The molecule has 1 spiro atoms. The van der Waals surface area contributed by atoms with Gasteiger partial charge in [-0.05, 0) is 38.5 Å². The molecule has 8 heteroatoms. The maximum atomic E-state index is 14.2. The number of ether oxygens (including phenoxy) is 1. The molecule has 5 aliphatic rings. The quantitative estimate of drug-likeness (QED) is 0.351. The van der Waals surface area contributed by atoms with Crippen molar-refractivity contribution in [3.05, 3.63) is 24.3 Å². The van der Waals surface area contributed by atoms with Gasteiger partial charge in [-0.2, -0.15) is 0 Å². The predicted molar refractivity (Wildman–Crippen MR) is 130 cm³/mol. The molecule has 0 aromatic rings. The summed E-state index contributed by atoms with van der Waals surface area (Å²) in [6.45, 7) is 1.49. The molecule has 0 radical (unpaired) electrons. The Kier molecular flexibility index (Phi) is 7.07. The first-order valence-corrected chi connectivity index (χ1v) is 13.9. The monoisotopic (exact) mass is 488 g/mol. The number of cyclic esters (lactones) is 1. The van der Waals surface area contributed by atoms with Gasteiger partial charge in [-0.3, -0.25) is 14.4 Å². The zero-order valence-electron chi connectivity index (χ0n) is 19.8. The number of hydrogen-bond donors (Lipinski definition) is 1. The lowest BCUT2D eigenvalue weighted by Crippen LogP contribution is -2.55. The van der Waals surface area contributed by atoms with Crippen LogP contribution in [0.4, 0.5) is 0 Å². The summed E-state index contributed by atoms with van der Waals surface area (Å²) in [7, 11) is 0. The first-order chi connectivity index (χ1) is 16.6. The van der Waals surface area contributed by atoms with E-state index in [1.807, 2.05) is 11.0 Å². The van der Waals surface area contributed by atoms with E-state index in [4.69, 9.17) is 4.74 Å². The molecule has 1 aliphatic carbocycles. The van der Waals surface area contributed by atoms with E-state index >= 15 is 0 Å². The molecule has 1 N–H and O–H groups in total. The third-order valence-electron chi connectivity index (χ3n) is 8.22. The first-order valence-electron chi connectivity index (χ1n) is 13.0. The van der Waals surface area contributed by atoms with Crippen LogP contribution in [-0.4, -0.2) is 81.1 Å². The molecule has 7 nitrogen and oxygen atoms in total. The van der Waals surface area contributed by atoms with E-state index < -0.39 is 22.6 Å². The van der Waals surface area contributed by atoms with Crippen molar-refractivity contribution in [2.24, 2.45) is 11.8 Å². The Hall–Kier alpha value is -1.80. The number of fused-ring (bicyclic) bond motifs is 2. The molecule has 0 bridgehead atoms. The third kappa shape index (κ3) is 4.00. The van der Waals surface area contributed by atoms with Crippen LogP contribution in [0.3, 0.4) is 0 Å². The van der Waals surface area contributed by atoms with Gasteiger partial charge in [0.2, 0.25) is 11.8 Å². The minimum Gasteiger partial charge on any atom is -0.465 e. The highest BCUT2D eigenvalue weighted by molar-refractivity contribution is 8.02. The number of rotatable bonds is 6. The summed E-state index contributed by atoms with van der Waals surface area (Å²) >= 11 is 1.62. The highest BCUT2D eigenvalue weighted by Gasteiger charge is 2.71.